The quantitative estimate of drug-likeness (QED) is 0.727. The zero-order valence-corrected chi connectivity index (χ0v) is 10.2. The van der Waals surface area contributed by atoms with Gasteiger partial charge in [0.15, 0.2) is 5.82 Å². The molecule has 1 aromatic heterocycles. The Balaban J connectivity index is 2.29. The van der Waals surface area contributed by atoms with Crippen LogP contribution in [0.4, 0.5) is 11.5 Å². The zero-order chi connectivity index (χ0) is 13.1. The second-order valence-electron chi connectivity index (χ2n) is 4.07. The summed E-state index contributed by atoms with van der Waals surface area (Å²) in [4.78, 5) is 31.4. The third-order valence-electron chi connectivity index (χ3n) is 2.95. The van der Waals surface area contributed by atoms with E-state index in [4.69, 9.17) is 10.5 Å². The lowest BCUT2D eigenvalue weighted by Crippen LogP contribution is -2.39. The van der Waals surface area contributed by atoms with Gasteiger partial charge < -0.3 is 20.4 Å². The Morgan fingerprint density at radius 2 is 2.50 bits per heavy atom. The summed E-state index contributed by atoms with van der Waals surface area (Å²) < 4.78 is 5.01. The first-order valence-corrected chi connectivity index (χ1v) is 5.91. The molecule has 0 aliphatic carbocycles. The number of nitrogens with zero attached hydrogens (tertiary/aromatic N) is 2. The van der Waals surface area contributed by atoms with Crippen LogP contribution in [-0.4, -0.2) is 35.1 Å². The summed E-state index contributed by atoms with van der Waals surface area (Å²) >= 11 is 0. The smallest absolute Gasteiger partial charge is 0.328 e. The summed E-state index contributed by atoms with van der Waals surface area (Å²) in [6.07, 6.45) is 2.82. The molecular weight excluding hydrogens is 236 g/mol. The van der Waals surface area contributed by atoms with Crippen LogP contribution in [0.1, 0.15) is 19.8 Å². The highest BCUT2D eigenvalue weighted by molar-refractivity contribution is 5.82. The zero-order valence-electron chi connectivity index (χ0n) is 10.2. The summed E-state index contributed by atoms with van der Waals surface area (Å²) in [6, 6.07) is -0.401. The number of nitrogens with one attached hydrogen (secondary N) is 1. The van der Waals surface area contributed by atoms with Crippen LogP contribution in [0.3, 0.4) is 0 Å². The molecule has 1 aliphatic heterocycles. The van der Waals surface area contributed by atoms with E-state index >= 15 is 0 Å². The summed E-state index contributed by atoms with van der Waals surface area (Å²) in [7, 11) is 0. The molecule has 0 spiro atoms. The number of esters is 1. The fourth-order valence-corrected chi connectivity index (χ4v) is 2.13. The van der Waals surface area contributed by atoms with Crippen molar-refractivity contribution in [3.8, 4) is 0 Å². The molecule has 0 saturated carbocycles. The number of H-pyrrole nitrogens is 1. The molecule has 98 valence electrons. The molecule has 0 bridgehead atoms. The molecule has 1 saturated heterocycles. The second-order valence-corrected chi connectivity index (χ2v) is 4.07. The van der Waals surface area contributed by atoms with Crippen LogP contribution in [0.15, 0.2) is 11.1 Å². The van der Waals surface area contributed by atoms with Crippen molar-refractivity contribution in [1.29, 1.82) is 0 Å². The van der Waals surface area contributed by atoms with Crippen LogP contribution in [0.25, 0.3) is 0 Å². The molecule has 0 aromatic carbocycles. The number of nitrogen functional groups attached to an aromatic ring is 1. The van der Waals surface area contributed by atoms with Crippen LogP contribution in [0, 0.1) is 0 Å². The average molecular weight is 252 g/mol. The Labute approximate surface area is 104 Å². The van der Waals surface area contributed by atoms with Crippen molar-refractivity contribution < 1.29 is 9.53 Å². The largest absolute Gasteiger partial charge is 0.464 e. The molecule has 0 radical (unpaired) electrons. The lowest BCUT2D eigenvalue weighted by molar-refractivity contribution is -0.144. The van der Waals surface area contributed by atoms with Crippen molar-refractivity contribution in [2.45, 2.75) is 25.8 Å². The minimum atomic E-state index is -0.401. The molecule has 7 heteroatoms. The number of ether oxygens (including phenoxy) is 1. The van der Waals surface area contributed by atoms with E-state index in [1.165, 1.54) is 6.33 Å². The SMILES string of the molecule is CCOC(=O)C1CCCN1c1nc[nH]c(=O)c1N. The Kier molecular flexibility index (Phi) is 3.50. The Hall–Kier alpha value is -2.05. The highest BCUT2D eigenvalue weighted by Crippen LogP contribution is 2.26. The van der Waals surface area contributed by atoms with Crippen LogP contribution >= 0.6 is 0 Å². The molecule has 3 N–H and O–H groups in total. The third-order valence-corrected chi connectivity index (χ3v) is 2.95. The Bertz CT molecular complexity index is 499. The van der Waals surface area contributed by atoms with Gasteiger partial charge in [0.2, 0.25) is 0 Å². The van der Waals surface area contributed by atoms with Gasteiger partial charge in [-0.05, 0) is 19.8 Å². The summed E-state index contributed by atoms with van der Waals surface area (Å²) in [5.41, 5.74) is 5.34. The number of carbonyl (C=O) groups is 1. The fraction of sp³-hybridized carbons (Fsp3) is 0.545. The molecule has 1 aliphatic rings. The number of hydrogen-bond donors (Lipinski definition) is 2. The molecular formula is C11H16N4O3. The molecule has 7 nitrogen and oxygen atoms in total. The monoisotopic (exact) mass is 252 g/mol. The van der Waals surface area contributed by atoms with Gasteiger partial charge in [-0.3, -0.25) is 4.79 Å². The topological polar surface area (TPSA) is 101 Å². The van der Waals surface area contributed by atoms with Crippen molar-refractivity contribution in [3.63, 3.8) is 0 Å². The first-order chi connectivity index (χ1) is 8.65. The number of nitrogens with two attached hydrogens (primary N) is 1. The molecule has 1 aromatic rings. The van der Waals surface area contributed by atoms with E-state index in [1.807, 2.05) is 0 Å². The van der Waals surface area contributed by atoms with Gasteiger partial charge in [0.1, 0.15) is 11.7 Å². The van der Waals surface area contributed by atoms with E-state index in [0.717, 1.165) is 6.42 Å². The minimum absolute atomic E-state index is 0.0358. The molecule has 2 rings (SSSR count). The predicted octanol–water partition coefficient (Wildman–Crippen LogP) is -0.116. The van der Waals surface area contributed by atoms with Gasteiger partial charge in [0.05, 0.1) is 12.9 Å². The summed E-state index contributed by atoms with van der Waals surface area (Å²) in [5, 5.41) is 0. The van der Waals surface area contributed by atoms with Gasteiger partial charge in [-0.15, -0.1) is 0 Å². The van der Waals surface area contributed by atoms with Gasteiger partial charge in [0, 0.05) is 6.54 Å². The molecule has 2 heterocycles. The summed E-state index contributed by atoms with van der Waals surface area (Å²) in [5.74, 6) is 0.0609. The number of hydrogen-bond acceptors (Lipinski definition) is 6. The van der Waals surface area contributed by atoms with E-state index in [2.05, 4.69) is 9.97 Å². The normalized spacial score (nSPS) is 18.9. The van der Waals surface area contributed by atoms with Gasteiger partial charge in [-0.2, -0.15) is 0 Å². The first kappa shape index (κ1) is 12.4. The van der Waals surface area contributed by atoms with Crippen LogP contribution < -0.4 is 16.2 Å². The van der Waals surface area contributed by atoms with Crippen LogP contribution in [0.2, 0.25) is 0 Å². The standard InChI is InChI=1S/C11H16N4O3/c1-2-18-11(17)7-4-3-5-15(7)9-8(12)10(16)14-6-13-9/h6-7H,2-5,12H2,1H3,(H,13,14,16). The third kappa shape index (κ3) is 2.15. The van der Waals surface area contributed by atoms with E-state index in [-0.39, 0.29) is 11.7 Å². The van der Waals surface area contributed by atoms with Crippen molar-refractivity contribution in [3.05, 3.63) is 16.7 Å². The Morgan fingerprint density at radius 3 is 3.22 bits per heavy atom. The maximum atomic E-state index is 11.8. The van der Waals surface area contributed by atoms with Crippen molar-refractivity contribution >= 4 is 17.5 Å². The van der Waals surface area contributed by atoms with Gasteiger partial charge in [-0.1, -0.05) is 0 Å². The number of anilines is 2. The van der Waals surface area contributed by atoms with E-state index < -0.39 is 11.6 Å². The maximum Gasteiger partial charge on any atom is 0.328 e. The number of aromatic nitrogens is 2. The van der Waals surface area contributed by atoms with E-state index in [0.29, 0.717) is 25.4 Å². The summed E-state index contributed by atoms with van der Waals surface area (Å²) in [6.45, 7) is 2.74. The highest BCUT2D eigenvalue weighted by atomic mass is 16.5. The number of rotatable bonds is 3. The Morgan fingerprint density at radius 1 is 1.72 bits per heavy atom. The maximum absolute atomic E-state index is 11.8. The molecule has 1 unspecified atom stereocenters. The molecule has 1 atom stereocenters. The highest BCUT2D eigenvalue weighted by Gasteiger charge is 2.34. The van der Waals surface area contributed by atoms with Crippen molar-refractivity contribution in [1.82, 2.24) is 9.97 Å². The van der Waals surface area contributed by atoms with Crippen molar-refractivity contribution in [2.24, 2.45) is 0 Å². The van der Waals surface area contributed by atoms with E-state index in [1.54, 1.807) is 11.8 Å². The number of aromatic amines is 1. The van der Waals surface area contributed by atoms with Gasteiger partial charge in [0.25, 0.3) is 5.56 Å². The van der Waals surface area contributed by atoms with Gasteiger partial charge in [-0.25, -0.2) is 9.78 Å². The fourth-order valence-electron chi connectivity index (χ4n) is 2.13. The van der Waals surface area contributed by atoms with Gasteiger partial charge >= 0.3 is 5.97 Å². The molecule has 1 fully saturated rings. The molecule has 0 amide bonds. The second kappa shape index (κ2) is 5.07. The average Bonchev–Trinajstić information content (AvgIpc) is 2.82. The van der Waals surface area contributed by atoms with Crippen LogP contribution in [0.5, 0.6) is 0 Å². The predicted molar refractivity (Wildman–Crippen MR) is 66.3 cm³/mol. The first-order valence-electron chi connectivity index (χ1n) is 5.91. The minimum Gasteiger partial charge on any atom is -0.464 e. The van der Waals surface area contributed by atoms with E-state index in [9.17, 15) is 9.59 Å². The lowest BCUT2D eigenvalue weighted by Gasteiger charge is -2.24. The molecule has 18 heavy (non-hydrogen) atoms. The van der Waals surface area contributed by atoms with Crippen LogP contribution in [-0.2, 0) is 9.53 Å². The van der Waals surface area contributed by atoms with Crippen molar-refractivity contribution in [2.75, 3.05) is 23.8 Å². The lowest BCUT2D eigenvalue weighted by atomic mass is 10.2. The number of carbonyl (C=O) groups excluding carboxylic acids is 1.